The van der Waals surface area contributed by atoms with Crippen molar-refractivity contribution in [1.29, 1.82) is 0 Å². The van der Waals surface area contributed by atoms with Gasteiger partial charge in [-0.3, -0.25) is 0 Å². The smallest absolute Gasteiger partial charge is 0.337 e. The van der Waals surface area contributed by atoms with Gasteiger partial charge in [-0.25, -0.2) is 14.8 Å². The van der Waals surface area contributed by atoms with Crippen LogP contribution in [0.2, 0.25) is 5.02 Å². The predicted octanol–water partition coefficient (Wildman–Crippen LogP) is 4.90. The summed E-state index contributed by atoms with van der Waals surface area (Å²) in [5.74, 6) is 0.458. The van der Waals surface area contributed by atoms with Crippen molar-refractivity contribution >= 4 is 34.4 Å². The normalized spacial score (nSPS) is 10.7. The fraction of sp³-hybridized carbons (Fsp3) is 0.0870. The molecule has 0 bridgehead atoms. The van der Waals surface area contributed by atoms with E-state index in [1.807, 2.05) is 42.5 Å². The number of nitrogens with two attached hydrogens (primary N) is 1. The molecule has 2 N–H and O–H groups in total. The number of anilines is 1. The number of carbonyl (C=O) groups is 1. The minimum Gasteiger partial charge on any atom is -0.489 e. The Morgan fingerprint density at radius 1 is 1.03 bits per heavy atom. The first kappa shape index (κ1) is 19.7. The maximum atomic E-state index is 11.7. The largest absolute Gasteiger partial charge is 0.489 e. The number of esters is 1. The maximum absolute atomic E-state index is 11.7. The lowest BCUT2D eigenvalue weighted by atomic mass is 10.1. The molecule has 30 heavy (non-hydrogen) atoms. The molecule has 3 aromatic carbocycles. The van der Waals surface area contributed by atoms with Gasteiger partial charge in [0.05, 0.1) is 23.9 Å². The van der Waals surface area contributed by atoms with Crippen LogP contribution in [0.25, 0.3) is 22.2 Å². The highest BCUT2D eigenvalue weighted by atomic mass is 35.5. The lowest BCUT2D eigenvalue weighted by molar-refractivity contribution is 0.0600. The number of hydrogen-bond donors (Lipinski definition) is 1. The monoisotopic (exact) mass is 419 g/mol. The Kier molecular flexibility index (Phi) is 5.50. The number of hydrogen-bond acceptors (Lipinski definition) is 6. The summed E-state index contributed by atoms with van der Waals surface area (Å²) in [7, 11) is 1.35. The van der Waals surface area contributed by atoms with E-state index in [2.05, 4.69) is 9.97 Å². The maximum Gasteiger partial charge on any atom is 0.337 e. The zero-order chi connectivity index (χ0) is 21.1. The van der Waals surface area contributed by atoms with E-state index in [0.29, 0.717) is 34.2 Å². The van der Waals surface area contributed by atoms with Crippen molar-refractivity contribution in [2.24, 2.45) is 0 Å². The molecule has 4 rings (SSSR count). The Balaban J connectivity index is 1.62. The fourth-order valence-electron chi connectivity index (χ4n) is 3.14. The molecule has 0 spiro atoms. The second kappa shape index (κ2) is 8.39. The molecule has 0 saturated heterocycles. The molecule has 7 heteroatoms. The van der Waals surface area contributed by atoms with Gasteiger partial charge in [0.1, 0.15) is 12.4 Å². The molecule has 150 valence electrons. The molecule has 1 heterocycles. The van der Waals surface area contributed by atoms with Crippen molar-refractivity contribution in [2.45, 2.75) is 6.61 Å². The van der Waals surface area contributed by atoms with Crippen LogP contribution >= 0.6 is 11.6 Å². The minimum absolute atomic E-state index is 0.186. The van der Waals surface area contributed by atoms with Crippen LogP contribution in [0.15, 0.2) is 66.7 Å². The predicted molar refractivity (Wildman–Crippen MR) is 117 cm³/mol. The van der Waals surface area contributed by atoms with E-state index in [4.69, 9.17) is 26.8 Å². The van der Waals surface area contributed by atoms with Gasteiger partial charge in [-0.1, -0.05) is 35.9 Å². The molecule has 0 aliphatic rings. The first-order chi connectivity index (χ1) is 14.5. The van der Waals surface area contributed by atoms with E-state index in [-0.39, 0.29) is 11.9 Å². The average molecular weight is 420 g/mol. The average Bonchev–Trinajstić information content (AvgIpc) is 2.77. The van der Waals surface area contributed by atoms with Crippen molar-refractivity contribution < 1.29 is 14.3 Å². The number of fused-ring (bicyclic) bond motifs is 1. The lowest BCUT2D eigenvalue weighted by Crippen LogP contribution is -2.03. The van der Waals surface area contributed by atoms with Crippen LogP contribution in [-0.2, 0) is 11.3 Å². The van der Waals surface area contributed by atoms with E-state index in [1.165, 1.54) is 7.11 Å². The van der Waals surface area contributed by atoms with Crippen LogP contribution in [0.5, 0.6) is 5.75 Å². The molecule has 0 unspecified atom stereocenters. The number of nitrogens with zero attached hydrogens (tertiary/aromatic N) is 2. The molecule has 4 aromatic rings. The van der Waals surface area contributed by atoms with Gasteiger partial charge < -0.3 is 15.2 Å². The third-order valence-corrected chi connectivity index (χ3v) is 4.77. The van der Waals surface area contributed by atoms with Crippen LogP contribution in [0, 0.1) is 0 Å². The number of nitrogen functional groups attached to an aromatic ring is 1. The quantitative estimate of drug-likeness (QED) is 0.463. The minimum atomic E-state index is -0.384. The Morgan fingerprint density at radius 2 is 1.87 bits per heavy atom. The first-order valence-electron chi connectivity index (χ1n) is 9.17. The Morgan fingerprint density at radius 3 is 2.70 bits per heavy atom. The van der Waals surface area contributed by atoms with Crippen molar-refractivity contribution in [2.75, 3.05) is 12.8 Å². The second-order valence-electron chi connectivity index (χ2n) is 6.60. The number of benzene rings is 3. The van der Waals surface area contributed by atoms with Crippen molar-refractivity contribution in [3.05, 3.63) is 82.9 Å². The molecular formula is C23H18ClN3O3. The summed E-state index contributed by atoms with van der Waals surface area (Å²) in [5, 5.41) is 1.40. The van der Waals surface area contributed by atoms with Crippen LogP contribution in [0.1, 0.15) is 15.9 Å². The van der Waals surface area contributed by atoms with E-state index < -0.39 is 0 Å². The molecule has 6 nitrogen and oxygen atoms in total. The third kappa shape index (κ3) is 4.18. The first-order valence-corrected chi connectivity index (χ1v) is 9.54. The topological polar surface area (TPSA) is 87.3 Å². The van der Waals surface area contributed by atoms with E-state index in [0.717, 1.165) is 16.5 Å². The number of carbonyl (C=O) groups excluding carboxylic acids is 1. The van der Waals surface area contributed by atoms with Crippen LogP contribution in [0.3, 0.4) is 0 Å². The van der Waals surface area contributed by atoms with Crippen molar-refractivity contribution in [3.8, 4) is 17.0 Å². The van der Waals surface area contributed by atoms with Gasteiger partial charge >= 0.3 is 5.97 Å². The summed E-state index contributed by atoms with van der Waals surface area (Å²) in [5.41, 5.74) is 9.46. The van der Waals surface area contributed by atoms with Crippen LogP contribution in [0.4, 0.5) is 5.95 Å². The van der Waals surface area contributed by atoms with Gasteiger partial charge in [0.15, 0.2) is 0 Å². The van der Waals surface area contributed by atoms with Gasteiger partial charge in [-0.05, 0) is 48.0 Å². The highest BCUT2D eigenvalue weighted by molar-refractivity contribution is 6.31. The van der Waals surface area contributed by atoms with E-state index in [9.17, 15) is 4.79 Å². The lowest BCUT2D eigenvalue weighted by Gasteiger charge is -2.11. The van der Waals surface area contributed by atoms with Crippen molar-refractivity contribution in [1.82, 2.24) is 9.97 Å². The molecule has 0 atom stereocenters. The van der Waals surface area contributed by atoms with Crippen molar-refractivity contribution in [3.63, 3.8) is 0 Å². The molecule has 0 saturated carbocycles. The standard InChI is InChI=1S/C23H18ClN3O3/c1-29-22(28)16-6-2-4-14(10-16)13-30-18-7-3-5-15(11-18)21-19-12-17(24)8-9-20(19)26-23(25)27-21/h2-12H,13H2,1H3,(H2,25,26,27). The Hall–Kier alpha value is -3.64. The number of methoxy groups -OCH3 is 1. The summed E-state index contributed by atoms with van der Waals surface area (Å²) < 4.78 is 10.7. The summed E-state index contributed by atoms with van der Waals surface area (Å²) in [6.45, 7) is 0.298. The molecular weight excluding hydrogens is 402 g/mol. The van der Waals surface area contributed by atoms with Gasteiger partial charge in [0.25, 0.3) is 0 Å². The molecule has 0 aliphatic heterocycles. The highest BCUT2D eigenvalue weighted by Gasteiger charge is 2.11. The number of halogens is 1. The number of rotatable bonds is 5. The Bertz CT molecular complexity index is 1240. The number of aromatic nitrogens is 2. The highest BCUT2D eigenvalue weighted by Crippen LogP contribution is 2.31. The Labute approximate surface area is 178 Å². The summed E-state index contributed by atoms with van der Waals surface area (Å²) in [4.78, 5) is 20.4. The summed E-state index contributed by atoms with van der Waals surface area (Å²) in [6, 6.07) is 20.1. The molecule has 0 amide bonds. The van der Waals surface area contributed by atoms with Gasteiger partial charge in [-0.15, -0.1) is 0 Å². The van der Waals surface area contributed by atoms with Gasteiger partial charge in [-0.2, -0.15) is 0 Å². The van der Waals surface area contributed by atoms with Gasteiger partial charge in [0.2, 0.25) is 5.95 Å². The SMILES string of the molecule is COC(=O)c1cccc(COc2cccc(-c3nc(N)nc4ccc(Cl)cc34)c2)c1. The second-order valence-corrected chi connectivity index (χ2v) is 7.04. The van der Waals surface area contributed by atoms with E-state index >= 15 is 0 Å². The fourth-order valence-corrected chi connectivity index (χ4v) is 3.32. The molecule has 0 radical (unpaired) electrons. The molecule has 1 aromatic heterocycles. The van der Waals surface area contributed by atoms with Crippen LogP contribution < -0.4 is 10.5 Å². The zero-order valence-electron chi connectivity index (χ0n) is 16.1. The molecule has 0 aliphatic carbocycles. The number of ether oxygens (including phenoxy) is 2. The van der Waals surface area contributed by atoms with Gasteiger partial charge in [0, 0.05) is 16.0 Å². The molecule has 0 fully saturated rings. The summed E-state index contributed by atoms with van der Waals surface area (Å²) in [6.07, 6.45) is 0. The van der Waals surface area contributed by atoms with Crippen LogP contribution in [-0.4, -0.2) is 23.0 Å². The third-order valence-electron chi connectivity index (χ3n) is 4.54. The summed E-state index contributed by atoms with van der Waals surface area (Å²) >= 11 is 6.17. The van der Waals surface area contributed by atoms with E-state index in [1.54, 1.807) is 24.3 Å². The zero-order valence-corrected chi connectivity index (χ0v) is 16.9.